The number of hydrogen-bond acceptors (Lipinski definition) is 6. The molecule has 5 rings (SSSR count). The van der Waals surface area contributed by atoms with Crippen LogP contribution < -0.4 is 10.6 Å². The molecule has 0 unspecified atom stereocenters. The highest BCUT2D eigenvalue weighted by Gasteiger charge is 2.55. The summed E-state index contributed by atoms with van der Waals surface area (Å²) >= 11 is 0. The molecular weight excluding hydrogens is 596 g/mol. The van der Waals surface area contributed by atoms with Crippen LogP contribution in [0, 0.1) is 5.92 Å². The van der Waals surface area contributed by atoms with E-state index in [9.17, 15) is 24.3 Å². The predicted molar refractivity (Wildman–Crippen MR) is 173 cm³/mol. The lowest BCUT2D eigenvalue weighted by atomic mass is 9.78. The second-order valence-corrected chi connectivity index (χ2v) is 12.5. The van der Waals surface area contributed by atoms with Crippen LogP contribution in [0.2, 0.25) is 0 Å². The maximum absolute atomic E-state index is 13.9. The van der Waals surface area contributed by atoms with Gasteiger partial charge >= 0.3 is 5.97 Å². The Labute approximate surface area is 271 Å². The van der Waals surface area contributed by atoms with Crippen LogP contribution in [0.25, 0.3) is 0 Å². The van der Waals surface area contributed by atoms with Gasteiger partial charge in [-0.1, -0.05) is 44.7 Å². The molecule has 1 spiro atoms. The number of amides is 3. The number of carboxylic acids is 1. The normalized spacial score (nSPS) is 21.1. The van der Waals surface area contributed by atoms with E-state index in [2.05, 4.69) is 22.5 Å². The summed E-state index contributed by atoms with van der Waals surface area (Å²) in [4.78, 5) is 55.6. The van der Waals surface area contributed by atoms with Gasteiger partial charge in [0.15, 0.2) is 0 Å². The number of carbonyl (C=O) groups is 4. The number of likely N-dealkylation sites (tertiary alicyclic amines) is 1. The molecule has 0 aromatic heterocycles. The van der Waals surface area contributed by atoms with Gasteiger partial charge in [0.1, 0.15) is 11.6 Å². The number of rotatable bonds is 10. The fourth-order valence-corrected chi connectivity index (χ4v) is 7.01. The van der Waals surface area contributed by atoms with E-state index >= 15 is 0 Å². The minimum absolute atomic E-state index is 0. The summed E-state index contributed by atoms with van der Waals surface area (Å²) in [7, 11) is 0. The number of hydrogen-bond donors (Lipinski definition) is 4. The summed E-state index contributed by atoms with van der Waals surface area (Å²) in [6.45, 7) is 4.41. The summed E-state index contributed by atoms with van der Waals surface area (Å²) in [6, 6.07) is 12.5. The summed E-state index contributed by atoms with van der Waals surface area (Å²) < 4.78 is 0. The first-order valence-electron chi connectivity index (χ1n) is 16.0. The molecule has 2 heterocycles. The quantitative estimate of drug-likeness (QED) is 0.301. The molecular formula is C34H45ClN4O6. The second-order valence-electron chi connectivity index (χ2n) is 12.5. The number of piperazine rings is 1. The summed E-state index contributed by atoms with van der Waals surface area (Å²) in [5.74, 6) is -1.58. The third-order valence-corrected chi connectivity index (χ3v) is 9.64. The molecule has 10 nitrogen and oxygen atoms in total. The zero-order chi connectivity index (χ0) is 31.3. The molecule has 0 radical (unpaired) electrons. The minimum Gasteiger partial charge on any atom is -0.478 e. The number of aliphatic hydroxyl groups excluding tert-OH is 1. The standard InChI is InChI=1S/C34H44N4O6.ClH/c1-2-3-18-38-31(41)28(29(39)24-9-5-4-6-10-24)36-33(44)34(38)16-19-37(20-17-34)22-23-8-7-11-26(21-23)30(40)35-27-14-12-25(13-15-27)32(42)43;/h7-8,11-15,21,24,28-29,39H,2-6,9-10,16-20,22H2,1H3,(H,35,40)(H,36,44)(H,42,43);1H/t28-,29-;/m1./s1. The molecule has 2 aromatic rings. The average Bonchev–Trinajstić information content (AvgIpc) is 3.04. The molecule has 11 heteroatoms. The van der Waals surface area contributed by atoms with Crippen LogP contribution in [0.1, 0.15) is 91.0 Å². The molecule has 2 aromatic carbocycles. The highest BCUT2D eigenvalue weighted by atomic mass is 35.5. The van der Waals surface area contributed by atoms with Crippen LogP contribution in [-0.4, -0.2) is 81.0 Å². The zero-order valence-electron chi connectivity index (χ0n) is 25.9. The van der Waals surface area contributed by atoms with Gasteiger partial charge in [0, 0.05) is 37.4 Å². The first-order chi connectivity index (χ1) is 21.2. The third kappa shape index (κ3) is 7.68. The monoisotopic (exact) mass is 640 g/mol. The highest BCUT2D eigenvalue weighted by molar-refractivity contribution is 6.04. The van der Waals surface area contributed by atoms with Crippen molar-refractivity contribution in [2.75, 3.05) is 25.0 Å². The fraction of sp³-hybridized carbons (Fsp3) is 0.529. The van der Waals surface area contributed by atoms with E-state index in [4.69, 9.17) is 5.11 Å². The first-order valence-corrected chi connectivity index (χ1v) is 16.0. The van der Waals surface area contributed by atoms with Crippen LogP contribution in [-0.2, 0) is 16.1 Å². The minimum atomic E-state index is -1.03. The van der Waals surface area contributed by atoms with Gasteiger partial charge in [-0.05, 0) is 80.0 Å². The maximum atomic E-state index is 13.9. The summed E-state index contributed by atoms with van der Waals surface area (Å²) in [6.07, 6.45) is 6.88. The van der Waals surface area contributed by atoms with Crippen LogP contribution in [0.4, 0.5) is 5.69 Å². The van der Waals surface area contributed by atoms with E-state index in [1.807, 2.05) is 18.2 Å². The number of carbonyl (C=O) groups excluding carboxylic acids is 3. The van der Waals surface area contributed by atoms with E-state index in [1.54, 1.807) is 23.1 Å². The maximum Gasteiger partial charge on any atom is 0.335 e. The first kappa shape index (κ1) is 34.4. The van der Waals surface area contributed by atoms with Crippen molar-refractivity contribution in [3.8, 4) is 0 Å². The van der Waals surface area contributed by atoms with E-state index in [-0.39, 0.29) is 41.6 Å². The summed E-state index contributed by atoms with van der Waals surface area (Å²) in [5.41, 5.74) is 1.19. The van der Waals surface area contributed by atoms with Gasteiger partial charge in [-0.3, -0.25) is 19.3 Å². The van der Waals surface area contributed by atoms with Gasteiger partial charge in [-0.2, -0.15) is 0 Å². The highest BCUT2D eigenvalue weighted by Crippen LogP contribution is 2.36. The Kier molecular flexibility index (Phi) is 11.6. The van der Waals surface area contributed by atoms with Crippen molar-refractivity contribution in [3.05, 3.63) is 65.2 Å². The van der Waals surface area contributed by atoms with Crippen molar-refractivity contribution in [2.45, 2.75) is 88.9 Å². The lowest BCUT2D eigenvalue weighted by molar-refractivity contribution is -0.166. The van der Waals surface area contributed by atoms with E-state index in [1.165, 1.54) is 12.1 Å². The SMILES string of the molecule is CCCCN1C(=O)[C@@H]([C@H](O)C2CCCCC2)NC(=O)C12CCN(Cc1cccc(C(=O)Nc3ccc(C(=O)O)cc3)c1)CC2.Cl. The number of aliphatic hydroxyl groups is 1. The Morgan fingerprint density at radius 2 is 1.71 bits per heavy atom. The van der Waals surface area contributed by atoms with Crippen LogP contribution in [0.3, 0.4) is 0 Å². The van der Waals surface area contributed by atoms with Gasteiger partial charge < -0.3 is 25.7 Å². The molecule has 1 saturated carbocycles. The van der Waals surface area contributed by atoms with Crippen molar-refractivity contribution in [1.82, 2.24) is 15.1 Å². The molecule has 244 valence electrons. The van der Waals surface area contributed by atoms with Gasteiger partial charge in [-0.15, -0.1) is 12.4 Å². The van der Waals surface area contributed by atoms with Crippen molar-refractivity contribution in [3.63, 3.8) is 0 Å². The number of carboxylic acid groups (broad SMARTS) is 1. The average molecular weight is 641 g/mol. The second kappa shape index (κ2) is 15.2. The van der Waals surface area contributed by atoms with Gasteiger partial charge in [0.05, 0.1) is 11.7 Å². The molecule has 3 amide bonds. The van der Waals surface area contributed by atoms with E-state index in [0.29, 0.717) is 50.3 Å². The van der Waals surface area contributed by atoms with E-state index in [0.717, 1.165) is 50.5 Å². The Morgan fingerprint density at radius 3 is 2.36 bits per heavy atom. The van der Waals surface area contributed by atoms with Crippen molar-refractivity contribution < 1.29 is 29.4 Å². The van der Waals surface area contributed by atoms with Crippen molar-refractivity contribution in [2.24, 2.45) is 5.92 Å². The lowest BCUT2D eigenvalue weighted by Gasteiger charge is -2.52. The Morgan fingerprint density at radius 1 is 1.02 bits per heavy atom. The number of unbranched alkanes of at least 4 members (excludes halogenated alkanes) is 1. The van der Waals surface area contributed by atoms with Gasteiger partial charge in [0.2, 0.25) is 11.8 Å². The fourth-order valence-electron chi connectivity index (χ4n) is 7.01. The smallest absolute Gasteiger partial charge is 0.335 e. The largest absolute Gasteiger partial charge is 0.478 e. The molecule has 3 aliphatic rings. The molecule has 1 aliphatic carbocycles. The molecule has 4 N–H and O–H groups in total. The van der Waals surface area contributed by atoms with Gasteiger partial charge in [0.25, 0.3) is 5.91 Å². The molecule has 2 saturated heterocycles. The van der Waals surface area contributed by atoms with Gasteiger partial charge in [-0.25, -0.2) is 4.79 Å². The van der Waals surface area contributed by atoms with E-state index < -0.39 is 23.7 Å². The molecule has 45 heavy (non-hydrogen) atoms. The molecule has 3 fully saturated rings. The van der Waals surface area contributed by atoms with Crippen LogP contribution in [0.15, 0.2) is 48.5 Å². The van der Waals surface area contributed by atoms with Crippen molar-refractivity contribution >= 4 is 41.8 Å². The van der Waals surface area contributed by atoms with Crippen LogP contribution >= 0.6 is 12.4 Å². The van der Waals surface area contributed by atoms with Crippen molar-refractivity contribution in [1.29, 1.82) is 0 Å². The number of aromatic carboxylic acids is 1. The topological polar surface area (TPSA) is 139 Å². The van der Waals surface area contributed by atoms with Crippen LogP contribution in [0.5, 0.6) is 0 Å². The predicted octanol–water partition coefficient (Wildman–Crippen LogP) is 4.46. The number of benzene rings is 2. The number of piperidine rings is 1. The number of halogens is 1. The summed E-state index contributed by atoms with van der Waals surface area (Å²) in [5, 5.41) is 26.0. The molecule has 2 aliphatic heterocycles. The third-order valence-electron chi connectivity index (χ3n) is 9.64. The lowest BCUT2D eigenvalue weighted by Crippen LogP contribution is -2.75. The number of nitrogens with zero attached hydrogens (tertiary/aromatic N) is 2. The Balaban J connectivity index is 0.00000461. The molecule has 0 bridgehead atoms. The number of anilines is 1. The Bertz CT molecular complexity index is 1350. The number of nitrogens with one attached hydrogen (secondary N) is 2. The Hall–Kier alpha value is -3.47. The zero-order valence-corrected chi connectivity index (χ0v) is 26.7. The molecule has 2 atom stereocenters.